The van der Waals surface area contributed by atoms with Gasteiger partial charge < -0.3 is 5.32 Å². The topological polar surface area (TPSA) is 48.7 Å². The molecule has 104 valence electrons. The average Bonchev–Trinajstić information content (AvgIpc) is 2.86. The van der Waals surface area contributed by atoms with E-state index in [-0.39, 0.29) is 5.41 Å². The molecule has 1 aromatic carbocycles. The molecule has 0 amide bonds. The number of thiazole rings is 1. The van der Waals surface area contributed by atoms with Crippen LogP contribution in [0.2, 0.25) is 0 Å². The van der Waals surface area contributed by atoms with Gasteiger partial charge in [0.1, 0.15) is 0 Å². The first-order valence-corrected chi connectivity index (χ1v) is 7.96. The van der Waals surface area contributed by atoms with Crippen molar-refractivity contribution in [3.05, 3.63) is 44.3 Å². The summed E-state index contributed by atoms with van der Waals surface area (Å²) in [4.78, 5) is 4.65. The first kappa shape index (κ1) is 15.0. The van der Waals surface area contributed by atoms with Crippen LogP contribution < -0.4 is 5.32 Å². The Bertz CT molecular complexity index is 650. The second-order valence-corrected chi connectivity index (χ2v) is 7.27. The van der Waals surface area contributed by atoms with Crippen molar-refractivity contribution in [1.82, 2.24) is 4.98 Å². The monoisotopic (exact) mass is 349 g/mol. The fourth-order valence-corrected chi connectivity index (χ4v) is 3.07. The summed E-state index contributed by atoms with van der Waals surface area (Å²) in [6.07, 6.45) is 0. The maximum atomic E-state index is 8.84. The Labute approximate surface area is 131 Å². The number of anilines is 1. The third-order valence-electron chi connectivity index (χ3n) is 2.75. The van der Waals surface area contributed by atoms with Crippen molar-refractivity contribution in [3.8, 4) is 6.07 Å². The van der Waals surface area contributed by atoms with Crippen molar-refractivity contribution in [3.63, 3.8) is 0 Å². The minimum atomic E-state index is 0.0952. The van der Waals surface area contributed by atoms with E-state index < -0.39 is 0 Å². The van der Waals surface area contributed by atoms with Crippen LogP contribution in [-0.2, 0) is 12.0 Å². The lowest BCUT2D eigenvalue weighted by Crippen LogP contribution is -2.11. The van der Waals surface area contributed by atoms with Gasteiger partial charge in [0, 0.05) is 21.0 Å². The number of aromatic nitrogens is 1. The van der Waals surface area contributed by atoms with Gasteiger partial charge >= 0.3 is 0 Å². The first-order chi connectivity index (χ1) is 9.40. The SMILES string of the molecule is CC(C)(C)c1nc(CNc2ccc(C#N)cc2Br)cs1. The summed E-state index contributed by atoms with van der Waals surface area (Å²) >= 11 is 5.16. The molecule has 20 heavy (non-hydrogen) atoms. The van der Waals surface area contributed by atoms with Crippen molar-refractivity contribution >= 4 is 33.0 Å². The van der Waals surface area contributed by atoms with Crippen LogP contribution in [0.5, 0.6) is 0 Å². The van der Waals surface area contributed by atoms with Crippen molar-refractivity contribution in [2.24, 2.45) is 0 Å². The number of rotatable bonds is 3. The maximum Gasteiger partial charge on any atom is 0.0992 e. The Hall–Kier alpha value is -1.38. The van der Waals surface area contributed by atoms with E-state index in [1.54, 1.807) is 17.4 Å². The third kappa shape index (κ3) is 3.59. The van der Waals surface area contributed by atoms with Crippen LogP contribution in [0.15, 0.2) is 28.1 Å². The van der Waals surface area contributed by atoms with E-state index in [0.717, 1.165) is 20.9 Å². The van der Waals surface area contributed by atoms with Crippen LogP contribution in [0.3, 0.4) is 0 Å². The maximum absolute atomic E-state index is 8.84. The fraction of sp³-hybridized carbons (Fsp3) is 0.333. The smallest absolute Gasteiger partial charge is 0.0992 e. The average molecular weight is 350 g/mol. The zero-order valence-corrected chi connectivity index (χ0v) is 14.1. The molecule has 0 unspecified atom stereocenters. The molecule has 0 bridgehead atoms. The van der Waals surface area contributed by atoms with Crippen molar-refractivity contribution in [1.29, 1.82) is 5.26 Å². The molecule has 0 radical (unpaired) electrons. The molecule has 2 aromatic rings. The third-order valence-corrected chi connectivity index (χ3v) is 4.72. The van der Waals surface area contributed by atoms with E-state index in [4.69, 9.17) is 5.26 Å². The highest BCUT2D eigenvalue weighted by Crippen LogP contribution is 2.27. The Morgan fingerprint density at radius 1 is 1.40 bits per heavy atom. The summed E-state index contributed by atoms with van der Waals surface area (Å²) in [5.41, 5.74) is 2.74. The molecule has 0 fully saturated rings. The van der Waals surface area contributed by atoms with E-state index in [0.29, 0.717) is 12.1 Å². The largest absolute Gasteiger partial charge is 0.378 e. The molecule has 1 N–H and O–H groups in total. The van der Waals surface area contributed by atoms with Gasteiger partial charge in [0.25, 0.3) is 0 Å². The van der Waals surface area contributed by atoms with Gasteiger partial charge in [-0.25, -0.2) is 4.98 Å². The van der Waals surface area contributed by atoms with Crippen molar-refractivity contribution < 1.29 is 0 Å². The molecule has 0 aliphatic carbocycles. The molecule has 0 aliphatic rings. The highest BCUT2D eigenvalue weighted by atomic mass is 79.9. The van der Waals surface area contributed by atoms with Gasteiger partial charge in [-0.05, 0) is 34.1 Å². The van der Waals surface area contributed by atoms with E-state index in [9.17, 15) is 0 Å². The summed E-state index contributed by atoms with van der Waals surface area (Å²) in [6, 6.07) is 7.63. The van der Waals surface area contributed by atoms with Crippen LogP contribution >= 0.6 is 27.3 Å². The number of hydrogen-bond donors (Lipinski definition) is 1. The molecule has 0 spiro atoms. The lowest BCUT2D eigenvalue weighted by Gasteiger charge is -2.13. The Morgan fingerprint density at radius 2 is 2.15 bits per heavy atom. The molecule has 0 aliphatic heterocycles. The predicted octanol–water partition coefficient (Wildman–Crippen LogP) is 4.69. The van der Waals surface area contributed by atoms with Gasteiger partial charge in [-0.3, -0.25) is 0 Å². The first-order valence-electron chi connectivity index (χ1n) is 6.28. The molecule has 1 aromatic heterocycles. The second-order valence-electron chi connectivity index (χ2n) is 5.55. The lowest BCUT2D eigenvalue weighted by molar-refractivity contribution is 0.583. The van der Waals surface area contributed by atoms with Gasteiger partial charge in [-0.1, -0.05) is 20.8 Å². The van der Waals surface area contributed by atoms with Gasteiger partial charge in [0.15, 0.2) is 0 Å². The minimum Gasteiger partial charge on any atom is -0.378 e. The number of benzene rings is 1. The van der Waals surface area contributed by atoms with Crippen LogP contribution in [-0.4, -0.2) is 4.98 Å². The summed E-state index contributed by atoms with van der Waals surface area (Å²) in [7, 11) is 0. The number of hydrogen-bond acceptors (Lipinski definition) is 4. The summed E-state index contributed by atoms with van der Waals surface area (Å²) in [6.45, 7) is 7.18. The van der Waals surface area contributed by atoms with Gasteiger partial charge in [0.2, 0.25) is 0 Å². The van der Waals surface area contributed by atoms with Crippen LogP contribution in [0.1, 0.15) is 37.0 Å². The lowest BCUT2D eigenvalue weighted by atomic mass is 9.98. The predicted molar refractivity (Wildman–Crippen MR) is 87.0 cm³/mol. The molecule has 0 saturated heterocycles. The van der Waals surface area contributed by atoms with E-state index in [2.05, 4.69) is 58.5 Å². The zero-order valence-electron chi connectivity index (χ0n) is 11.7. The molecule has 3 nitrogen and oxygen atoms in total. The number of halogens is 1. The van der Waals surface area contributed by atoms with E-state index >= 15 is 0 Å². The summed E-state index contributed by atoms with van der Waals surface area (Å²) < 4.78 is 0.892. The Kier molecular flexibility index (Phi) is 4.46. The van der Waals surface area contributed by atoms with Crippen molar-refractivity contribution in [2.45, 2.75) is 32.7 Å². The minimum absolute atomic E-state index is 0.0952. The number of nitriles is 1. The highest BCUT2D eigenvalue weighted by molar-refractivity contribution is 9.10. The summed E-state index contributed by atoms with van der Waals surface area (Å²) in [5, 5.41) is 15.4. The van der Waals surface area contributed by atoms with Gasteiger partial charge in [-0.15, -0.1) is 11.3 Å². The molecular formula is C15H16BrN3S. The summed E-state index contributed by atoms with van der Waals surface area (Å²) in [5.74, 6) is 0. The standard InChI is InChI=1S/C15H16BrN3S/c1-15(2,3)14-19-11(9-20-14)8-18-13-5-4-10(7-17)6-12(13)16/h4-6,9,18H,8H2,1-3H3. The highest BCUT2D eigenvalue weighted by Gasteiger charge is 2.17. The van der Waals surface area contributed by atoms with E-state index in [1.807, 2.05) is 12.1 Å². The van der Waals surface area contributed by atoms with Gasteiger partial charge in [-0.2, -0.15) is 5.26 Å². The number of nitrogens with zero attached hydrogens (tertiary/aromatic N) is 2. The van der Waals surface area contributed by atoms with Gasteiger partial charge in [0.05, 0.1) is 28.9 Å². The zero-order chi connectivity index (χ0) is 14.8. The molecule has 5 heteroatoms. The number of nitrogens with one attached hydrogen (secondary N) is 1. The quantitative estimate of drug-likeness (QED) is 0.874. The van der Waals surface area contributed by atoms with E-state index in [1.165, 1.54) is 0 Å². The van der Waals surface area contributed by atoms with Crippen molar-refractivity contribution in [2.75, 3.05) is 5.32 Å². The molecule has 0 atom stereocenters. The molecule has 1 heterocycles. The Morgan fingerprint density at radius 3 is 2.70 bits per heavy atom. The molecule has 0 saturated carbocycles. The normalized spacial score (nSPS) is 11.2. The van der Waals surface area contributed by atoms with Crippen LogP contribution in [0.25, 0.3) is 0 Å². The Balaban J connectivity index is 2.06. The van der Waals surface area contributed by atoms with Crippen LogP contribution in [0.4, 0.5) is 5.69 Å². The molecular weight excluding hydrogens is 334 g/mol. The van der Waals surface area contributed by atoms with Crippen LogP contribution in [0, 0.1) is 11.3 Å². The second kappa shape index (κ2) is 5.94. The fourth-order valence-electron chi connectivity index (χ4n) is 1.65. The molecule has 2 rings (SSSR count).